The van der Waals surface area contributed by atoms with Gasteiger partial charge in [0.15, 0.2) is 0 Å². The molecule has 1 aromatic carbocycles. The van der Waals surface area contributed by atoms with Crippen LogP contribution in [0, 0.1) is 6.92 Å². The predicted molar refractivity (Wildman–Crippen MR) is 66.6 cm³/mol. The lowest BCUT2D eigenvalue weighted by Crippen LogP contribution is -2.45. The van der Waals surface area contributed by atoms with Crippen LogP contribution in [-0.4, -0.2) is 34.9 Å². The summed E-state index contributed by atoms with van der Waals surface area (Å²) in [5.74, 6) is -0.754. The molecule has 18 heavy (non-hydrogen) atoms. The molecule has 2 aliphatic rings. The first-order valence-corrected chi connectivity index (χ1v) is 6.38. The summed E-state index contributed by atoms with van der Waals surface area (Å²) in [7, 11) is 0. The summed E-state index contributed by atoms with van der Waals surface area (Å²) in [5.41, 5.74) is 1.94. The number of nitrogens with zero attached hydrogens (tertiary/aromatic N) is 2. The van der Waals surface area contributed by atoms with Crippen LogP contribution in [0.1, 0.15) is 29.9 Å². The van der Waals surface area contributed by atoms with Gasteiger partial charge in [-0.2, -0.15) is 0 Å². The Kier molecular flexibility index (Phi) is 2.58. The number of hydrogen-bond donors (Lipinski definition) is 0. The average molecular weight is 244 g/mol. The summed E-state index contributed by atoms with van der Waals surface area (Å²) < 4.78 is 0. The van der Waals surface area contributed by atoms with Crippen molar-refractivity contribution in [2.75, 3.05) is 13.1 Å². The molecule has 0 N–H and O–H groups in total. The summed E-state index contributed by atoms with van der Waals surface area (Å²) in [6.07, 6.45) is 1.96. The van der Waals surface area contributed by atoms with E-state index in [0.29, 0.717) is 13.1 Å². The second kappa shape index (κ2) is 4.12. The molecule has 0 aliphatic carbocycles. The van der Waals surface area contributed by atoms with E-state index in [2.05, 4.69) is 0 Å². The highest BCUT2D eigenvalue weighted by atomic mass is 16.2. The lowest BCUT2D eigenvalue weighted by molar-refractivity contribution is -0.150. The summed E-state index contributed by atoms with van der Waals surface area (Å²) >= 11 is 0. The predicted octanol–water partition coefficient (Wildman–Crippen LogP) is 1.46. The first-order chi connectivity index (χ1) is 8.68. The van der Waals surface area contributed by atoms with Gasteiger partial charge in [0.25, 0.3) is 11.8 Å². The third-order valence-corrected chi connectivity index (χ3v) is 3.69. The number of hydrazine groups is 1. The van der Waals surface area contributed by atoms with Gasteiger partial charge in [-0.15, -0.1) is 0 Å². The largest absolute Gasteiger partial charge is 0.272 e. The Labute approximate surface area is 106 Å². The van der Waals surface area contributed by atoms with E-state index in [0.717, 1.165) is 24.0 Å². The van der Waals surface area contributed by atoms with Crippen molar-refractivity contribution in [3.63, 3.8) is 0 Å². The number of hydrogen-bond acceptors (Lipinski definition) is 2. The molecule has 2 saturated heterocycles. The summed E-state index contributed by atoms with van der Waals surface area (Å²) in [6, 6.07) is 7.66. The fraction of sp³-hybridized carbons (Fsp3) is 0.429. The molecule has 94 valence electrons. The molecular formula is C14H16N2O2. The first-order valence-electron chi connectivity index (χ1n) is 6.38. The van der Waals surface area contributed by atoms with Gasteiger partial charge in [0, 0.05) is 13.1 Å². The van der Waals surface area contributed by atoms with Gasteiger partial charge in [-0.25, -0.2) is 0 Å². The van der Waals surface area contributed by atoms with Crippen molar-refractivity contribution in [3.8, 4) is 0 Å². The van der Waals surface area contributed by atoms with E-state index < -0.39 is 5.92 Å². The highest BCUT2D eigenvalue weighted by Gasteiger charge is 2.46. The molecule has 2 heterocycles. The normalized spacial score (nSPS) is 20.5. The van der Waals surface area contributed by atoms with Gasteiger partial charge in [-0.1, -0.05) is 29.8 Å². The topological polar surface area (TPSA) is 40.6 Å². The number of carbonyl (C=O) groups is 2. The minimum Gasteiger partial charge on any atom is -0.272 e. The van der Waals surface area contributed by atoms with Crippen LogP contribution in [-0.2, 0) is 9.59 Å². The van der Waals surface area contributed by atoms with Crippen LogP contribution in [0.5, 0.6) is 0 Å². The smallest absolute Gasteiger partial charge is 0.258 e. The minimum absolute atomic E-state index is 0.0662. The fourth-order valence-electron chi connectivity index (χ4n) is 2.67. The maximum Gasteiger partial charge on any atom is 0.258 e. The van der Waals surface area contributed by atoms with Gasteiger partial charge in [0.2, 0.25) is 0 Å². The number of amides is 2. The molecule has 2 amide bonds. The Morgan fingerprint density at radius 2 is 1.44 bits per heavy atom. The maximum absolute atomic E-state index is 12.3. The van der Waals surface area contributed by atoms with E-state index >= 15 is 0 Å². The quantitative estimate of drug-likeness (QED) is 0.702. The van der Waals surface area contributed by atoms with Crippen molar-refractivity contribution in [1.29, 1.82) is 0 Å². The van der Waals surface area contributed by atoms with Gasteiger partial charge in [-0.3, -0.25) is 19.6 Å². The molecule has 4 heteroatoms. The van der Waals surface area contributed by atoms with E-state index in [1.54, 1.807) is 10.0 Å². The Hall–Kier alpha value is -1.84. The molecule has 2 aliphatic heterocycles. The highest BCUT2D eigenvalue weighted by Crippen LogP contribution is 2.31. The van der Waals surface area contributed by atoms with Gasteiger partial charge < -0.3 is 0 Å². The number of fused-ring (bicyclic) bond motifs is 1. The lowest BCUT2D eigenvalue weighted by Gasteiger charge is -2.31. The zero-order valence-electron chi connectivity index (χ0n) is 10.4. The van der Waals surface area contributed by atoms with Crippen molar-refractivity contribution in [1.82, 2.24) is 10.0 Å². The third kappa shape index (κ3) is 1.60. The summed E-state index contributed by atoms with van der Waals surface area (Å²) in [6.45, 7) is 3.34. The monoisotopic (exact) mass is 244 g/mol. The molecule has 0 unspecified atom stereocenters. The van der Waals surface area contributed by atoms with Crippen molar-refractivity contribution >= 4 is 11.8 Å². The molecule has 0 spiro atoms. The fourth-order valence-corrected chi connectivity index (χ4v) is 2.67. The van der Waals surface area contributed by atoms with Crippen molar-refractivity contribution in [3.05, 3.63) is 35.4 Å². The zero-order chi connectivity index (χ0) is 12.7. The Balaban J connectivity index is 1.95. The Morgan fingerprint density at radius 1 is 0.944 bits per heavy atom. The minimum atomic E-state index is -0.622. The molecular weight excluding hydrogens is 228 g/mol. The van der Waals surface area contributed by atoms with Gasteiger partial charge in [-0.05, 0) is 25.3 Å². The van der Waals surface area contributed by atoms with Crippen LogP contribution in [0.4, 0.5) is 0 Å². The molecule has 2 fully saturated rings. The van der Waals surface area contributed by atoms with Crippen LogP contribution in [0.2, 0.25) is 0 Å². The molecule has 4 nitrogen and oxygen atoms in total. The van der Waals surface area contributed by atoms with E-state index in [9.17, 15) is 9.59 Å². The Morgan fingerprint density at radius 3 is 1.94 bits per heavy atom. The van der Waals surface area contributed by atoms with Crippen molar-refractivity contribution in [2.24, 2.45) is 0 Å². The van der Waals surface area contributed by atoms with Crippen LogP contribution < -0.4 is 0 Å². The van der Waals surface area contributed by atoms with Crippen LogP contribution in [0.25, 0.3) is 0 Å². The van der Waals surface area contributed by atoms with Crippen LogP contribution >= 0.6 is 0 Å². The van der Waals surface area contributed by atoms with Crippen molar-refractivity contribution in [2.45, 2.75) is 25.7 Å². The molecule has 0 bridgehead atoms. The van der Waals surface area contributed by atoms with Gasteiger partial charge in [0.1, 0.15) is 5.92 Å². The molecule has 0 atom stereocenters. The second-order valence-electron chi connectivity index (χ2n) is 4.97. The number of aryl methyl sites for hydroxylation is 1. The van der Waals surface area contributed by atoms with Crippen molar-refractivity contribution < 1.29 is 9.59 Å². The van der Waals surface area contributed by atoms with Crippen LogP contribution in [0.15, 0.2) is 24.3 Å². The molecule has 0 radical (unpaired) electrons. The second-order valence-corrected chi connectivity index (χ2v) is 4.97. The molecule has 0 aromatic heterocycles. The third-order valence-electron chi connectivity index (χ3n) is 3.69. The molecule has 3 rings (SSSR count). The SMILES string of the molecule is Cc1ccc(C2C(=O)N3CCCCN3C2=O)cc1. The summed E-state index contributed by atoms with van der Waals surface area (Å²) in [4.78, 5) is 24.6. The zero-order valence-corrected chi connectivity index (χ0v) is 10.4. The lowest BCUT2D eigenvalue weighted by atomic mass is 9.97. The van der Waals surface area contributed by atoms with Gasteiger partial charge >= 0.3 is 0 Å². The van der Waals surface area contributed by atoms with E-state index in [1.807, 2.05) is 31.2 Å². The van der Waals surface area contributed by atoms with Gasteiger partial charge in [0.05, 0.1) is 0 Å². The standard InChI is InChI=1S/C14H16N2O2/c1-10-4-6-11(7-5-10)12-13(17)15-8-2-3-9-16(15)14(12)18/h4-7,12H,2-3,8-9H2,1H3. The molecule has 1 aromatic rings. The number of carbonyl (C=O) groups excluding carboxylic acids is 2. The Bertz CT molecular complexity index is 471. The van der Waals surface area contributed by atoms with E-state index in [-0.39, 0.29) is 11.8 Å². The average Bonchev–Trinajstić information content (AvgIpc) is 2.64. The first kappa shape index (κ1) is 11.3. The number of rotatable bonds is 1. The van der Waals surface area contributed by atoms with Crippen LogP contribution in [0.3, 0.4) is 0 Å². The van der Waals surface area contributed by atoms with E-state index in [4.69, 9.17) is 0 Å². The maximum atomic E-state index is 12.3. The molecule has 0 saturated carbocycles. The van der Waals surface area contributed by atoms with E-state index in [1.165, 1.54) is 0 Å². The number of benzene rings is 1. The highest BCUT2D eigenvalue weighted by molar-refractivity contribution is 6.10. The summed E-state index contributed by atoms with van der Waals surface area (Å²) in [5, 5.41) is 3.24.